The number of halogens is 3. The fourth-order valence-electron chi connectivity index (χ4n) is 4.80. The van der Waals surface area contributed by atoms with Gasteiger partial charge in [-0.15, -0.1) is 0 Å². The molecule has 2 saturated carbocycles. The molecule has 6 rings (SSSR count). The van der Waals surface area contributed by atoms with Crippen LogP contribution in [0.5, 0.6) is 5.88 Å². The first kappa shape index (κ1) is 28.6. The maximum atomic E-state index is 13.4. The van der Waals surface area contributed by atoms with Crippen LogP contribution in [0, 0.1) is 17.8 Å². The summed E-state index contributed by atoms with van der Waals surface area (Å²) in [6, 6.07) is 7.15. The first-order valence-corrected chi connectivity index (χ1v) is 14.3. The molecular weight excluding hydrogens is 557 g/mol. The van der Waals surface area contributed by atoms with Gasteiger partial charge < -0.3 is 14.2 Å². The van der Waals surface area contributed by atoms with Crippen molar-refractivity contribution in [2.75, 3.05) is 18.6 Å². The highest BCUT2D eigenvalue weighted by molar-refractivity contribution is 5.66. The monoisotopic (exact) mass is 588 g/mol. The number of imidazole rings is 1. The van der Waals surface area contributed by atoms with Crippen LogP contribution < -0.4 is 9.64 Å². The van der Waals surface area contributed by atoms with Crippen molar-refractivity contribution in [2.24, 2.45) is 5.92 Å². The van der Waals surface area contributed by atoms with Crippen LogP contribution in [0.1, 0.15) is 68.4 Å². The van der Waals surface area contributed by atoms with Gasteiger partial charge in [-0.25, -0.2) is 24.9 Å². The van der Waals surface area contributed by atoms with Crippen LogP contribution in [0.2, 0.25) is 0 Å². The summed E-state index contributed by atoms with van der Waals surface area (Å²) in [6.45, 7) is 4.47. The minimum Gasteiger partial charge on any atom is -0.480 e. The summed E-state index contributed by atoms with van der Waals surface area (Å²) in [5.74, 6) is 8.89. The zero-order chi connectivity index (χ0) is 30.1. The van der Waals surface area contributed by atoms with E-state index in [-0.39, 0.29) is 11.9 Å². The van der Waals surface area contributed by atoms with Gasteiger partial charge in [0.2, 0.25) is 11.8 Å². The van der Waals surface area contributed by atoms with Gasteiger partial charge in [0.1, 0.15) is 24.0 Å². The van der Waals surface area contributed by atoms with Crippen molar-refractivity contribution in [2.45, 2.75) is 64.2 Å². The molecule has 1 aromatic carbocycles. The predicted octanol–water partition coefficient (Wildman–Crippen LogP) is 6.10. The predicted molar refractivity (Wildman–Crippen MR) is 154 cm³/mol. The molecular formula is C31H31F3N8O. The maximum Gasteiger partial charge on any atom is 0.434 e. The molecule has 222 valence electrons. The molecule has 0 unspecified atom stereocenters. The molecule has 0 atom stereocenters. The van der Waals surface area contributed by atoms with E-state index >= 15 is 0 Å². The Kier molecular flexibility index (Phi) is 7.73. The molecule has 0 spiro atoms. The van der Waals surface area contributed by atoms with Crippen LogP contribution in [-0.4, -0.2) is 48.1 Å². The number of anilines is 1. The summed E-state index contributed by atoms with van der Waals surface area (Å²) in [5.41, 5.74) is 2.14. The minimum absolute atomic E-state index is 0.189. The Morgan fingerprint density at radius 2 is 1.74 bits per heavy atom. The molecule has 12 heteroatoms. The van der Waals surface area contributed by atoms with Crippen molar-refractivity contribution in [1.29, 1.82) is 0 Å². The molecule has 4 aromatic rings. The molecule has 9 nitrogen and oxygen atoms in total. The SMILES string of the molecule is COc1ncnc(C2CC2)c1-c1ncnc(N(CC#CC2CC2)Cc2ccc(-c3nc(C(F)(F)F)cn3C(C)C)cc2)n1. The van der Waals surface area contributed by atoms with Gasteiger partial charge in [0.25, 0.3) is 0 Å². The highest BCUT2D eigenvalue weighted by atomic mass is 19.4. The van der Waals surface area contributed by atoms with Crippen molar-refractivity contribution in [3.05, 3.63) is 60.1 Å². The van der Waals surface area contributed by atoms with E-state index in [1.54, 1.807) is 23.8 Å². The number of hydrogen-bond donors (Lipinski definition) is 0. The van der Waals surface area contributed by atoms with Gasteiger partial charge in [-0.1, -0.05) is 36.1 Å². The first-order valence-electron chi connectivity index (χ1n) is 14.3. The van der Waals surface area contributed by atoms with E-state index < -0.39 is 11.9 Å². The fourth-order valence-corrected chi connectivity index (χ4v) is 4.80. The fraction of sp³-hybridized carbons (Fsp3) is 0.419. The Balaban J connectivity index is 1.30. The van der Waals surface area contributed by atoms with Crippen molar-refractivity contribution < 1.29 is 17.9 Å². The number of ether oxygens (including phenoxy) is 1. The molecule has 0 amide bonds. The zero-order valence-corrected chi connectivity index (χ0v) is 24.1. The van der Waals surface area contributed by atoms with E-state index in [9.17, 15) is 13.2 Å². The van der Waals surface area contributed by atoms with Gasteiger partial charge >= 0.3 is 6.18 Å². The van der Waals surface area contributed by atoms with E-state index in [0.717, 1.165) is 43.1 Å². The zero-order valence-electron chi connectivity index (χ0n) is 24.1. The molecule has 2 aliphatic rings. The summed E-state index contributed by atoms with van der Waals surface area (Å²) in [6.07, 6.45) is 3.82. The number of nitrogens with zero attached hydrogens (tertiary/aromatic N) is 8. The second kappa shape index (κ2) is 11.6. The highest BCUT2D eigenvalue weighted by Crippen LogP contribution is 2.45. The second-order valence-electron chi connectivity index (χ2n) is 11.1. The Hall–Kier alpha value is -4.53. The van der Waals surface area contributed by atoms with Crippen LogP contribution in [0.15, 0.2) is 43.1 Å². The lowest BCUT2D eigenvalue weighted by Gasteiger charge is -2.21. The number of rotatable bonds is 9. The number of aromatic nitrogens is 7. The molecule has 0 radical (unpaired) electrons. The smallest absolute Gasteiger partial charge is 0.434 e. The standard InChI is InChI=1S/C31H31F3N8O/c1-19(2)42-16-24(31(32,33)34)39-28(42)23-10-8-21(9-11-23)15-41(14-4-5-20-6-7-20)30-38-18-36-27(40-30)25-26(22-12-13-22)35-17-37-29(25)43-3/h8-11,16-20,22H,6-7,12-15H2,1-3H3. The molecule has 3 heterocycles. The summed E-state index contributed by atoms with van der Waals surface area (Å²) in [7, 11) is 1.56. The van der Waals surface area contributed by atoms with Crippen LogP contribution in [-0.2, 0) is 12.7 Å². The molecule has 0 saturated heterocycles. The lowest BCUT2D eigenvalue weighted by atomic mass is 10.1. The van der Waals surface area contributed by atoms with Crippen LogP contribution in [0.4, 0.5) is 19.1 Å². The van der Waals surface area contributed by atoms with Crippen LogP contribution >= 0.6 is 0 Å². The van der Waals surface area contributed by atoms with Gasteiger partial charge in [0.15, 0.2) is 11.5 Å². The normalized spacial score (nSPS) is 14.9. The van der Waals surface area contributed by atoms with Crippen molar-refractivity contribution in [1.82, 2.24) is 34.5 Å². The third kappa shape index (κ3) is 6.45. The van der Waals surface area contributed by atoms with Gasteiger partial charge in [-0.05, 0) is 45.1 Å². The molecule has 43 heavy (non-hydrogen) atoms. The van der Waals surface area contributed by atoms with E-state index in [2.05, 4.69) is 36.8 Å². The lowest BCUT2D eigenvalue weighted by molar-refractivity contribution is -0.140. The summed E-state index contributed by atoms with van der Waals surface area (Å²) < 4.78 is 47.3. The molecule has 2 fully saturated rings. The summed E-state index contributed by atoms with van der Waals surface area (Å²) >= 11 is 0. The molecule has 2 aliphatic carbocycles. The van der Waals surface area contributed by atoms with E-state index in [1.165, 1.54) is 12.7 Å². The number of methoxy groups -OCH3 is 1. The Morgan fingerprint density at radius 1 is 1.00 bits per heavy atom. The third-order valence-electron chi connectivity index (χ3n) is 7.38. The number of alkyl halides is 3. The van der Waals surface area contributed by atoms with Crippen LogP contribution in [0.3, 0.4) is 0 Å². The van der Waals surface area contributed by atoms with E-state index in [0.29, 0.717) is 53.7 Å². The average Bonchev–Trinajstić information content (AvgIpc) is 3.94. The Labute approximate surface area is 247 Å². The molecule has 3 aromatic heterocycles. The van der Waals surface area contributed by atoms with Gasteiger partial charge in [-0.3, -0.25) is 0 Å². The first-order chi connectivity index (χ1) is 20.7. The number of hydrogen-bond acceptors (Lipinski definition) is 8. The number of benzene rings is 1. The molecule has 0 aliphatic heterocycles. The van der Waals surface area contributed by atoms with Gasteiger partial charge in [0.05, 0.1) is 19.3 Å². The van der Waals surface area contributed by atoms with Crippen molar-refractivity contribution in [3.8, 4) is 40.5 Å². The topological polar surface area (TPSA) is 94.7 Å². The average molecular weight is 589 g/mol. The summed E-state index contributed by atoms with van der Waals surface area (Å²) in [4.78, 5) is 28.4. The third-order valence-corrected chi connectivity index (χ3v) is 7.38. The van der Waals surface area contributed by atoms with Gasteiger partial charge in [0, 0.05) is 36.2 Å². The second-order valence-corrected chi connectivity index (χ2v) is 11.1. The van der Waals surface area contributed by atoms with E-state index in [4.69, 9.17) is 9.72 Å². The van der Waals surface area contributed by atoms with Gasteiger partial charge in [-0.2, -0.15) is 18.2 Å². The quantitative estimate of drug-likeness (QED) is 0.217. The summed E-state index contributed by atoms with van der Waals surface area (Å²) in [5, 5.41) is 0. The van der Waals surface area contributed by atoms with Crippen LogP contribution in [0.25, 0.3) is 22.8 Å². The van der Waals surface area contributed by atoms with Crippen molar-refractivity contribution >= 4 is 5.95 Å². The highest BCUT2D eigenvalue weighted by Gasteiger charge is 2.35. The van der Waals surface area contributed by atoms with E-state index in [1.807, 2.05) is 30.9 Å². The largest absolute Gasteiger partial charge is 0.480 e. The lowest BCUT2D eigenvalue weighted by Crippen LogP contribution is -2.25. The van der Waals surface area contributed by atoms with Crippen molar-refractivity contribution in [3.63, 3.8) is 0 Å². The molecule has 0 bridgehead atoms. The Bertz CT molecular complexity index is 1670. The Morgan fingerprint density at radius 3 is 2.40 bits per heavy atom. The molecule has 0 N–H and O–H groups in total. The maximum absolute atomic E-state index is 13.4. The minimum atomic E-state index is -4.52.